The number of nitrogens with zero attached hydrogens (tertiary/aromatic N) is 1. The number of hydrogen-bond acceptors (Lipinski definition) is 4. The minimum absolute atomic E-state index is 0.170. The van der Waals surface area contributed by atoms with Crippen molar-refractivity contribution in [3.8, 4) is 0 Å². The first-order valence-electron chi connectivity index (χ1n) is 7.45. The molecule has 8 heteroatoms. The molecule has 23 heavy (non-hydrogen) atoms. The number of ether oxygens (including phenoxy) is 1. The Morgan fingerprint density at radius 3 is 2.43 bits per heavy atom. The molecular formula is C15H22N2O5S. The zero-order valence-electron chi connectivity index (χ0n) is 13.1. The minimum atomic E-state index is -3.60. The molecule has 7 nitrogen and oxygen atoms in total. The number of rotatable bonds is 7. The summed E-state index contributed by atoms with van der Waals surface area (Å²) in [5, 5.41) is 9.70. The molecule has 1 saturated heterocycles. The van der Waals surface area contributed by atoms with E-state index in [-0.39, 0.29) is 39.1 Å². The van der Waals surface area contributed by atoms with Gasteiger partial charge in [0.2, 0.25) is 0 Å². The van der Waals surface area contributed by atoms with Gasteiger partial charge in [0.25, 0.3) is 10.2 Å². The third-order valence-corrected chi connectivity index (χ3v) is 5.86. The second-order valence-corrected chi connectivity index (χ2v) is 7.30. The minimum Gasteiger partial charge on any atom is -0.481 e. The number of carbonyl (C=O) groups is 1. The molecule has 0 aliphatic carbocycles. The molecule has 0 amide bonds. The number of carboxylic acid groups (broad SMARTS) is 1. The maximum absolute atomic E-state index is 12.2. The van der Waals surface area contributed by atoms with E-state index >= 15 is 0 Å². The summed E-state index contributed by atoms with van der Waals surface area (Å²) in [4.78, 5) is 11.8. The van der Waals surface area contributed by atoms with Gasteiger partial charge in [-0.05, 0) is 18.4 Å². The molecule has 0 atom stereocenters. The highest BCUT2D eigenvalue weighted by molar-refractivity contribution is 7.87. The van der Waals surface area contributed by atoms with Crippen molar-refractivity contribution < 1.29 is 23.1 Å². The molecule has 1 aliphatic heterocycles. The van der Waals surface area contributed by atoms with Crippen LogP contribution in [0.2, 0.25) is 0 Å². The van der Waals surface area contributed by atoms with Crippen molar-refractivity contribution in [2.75, 3.05) is 33.4 Å². The van der Waals surface area contributed by atoms with Crippen LogP contribution in [0.1, 0.15) is 18.4 Å². The molecule has 1 aromatic rings. The van der Waals surface area contributed by atoms with Crippen molar-refractivity contribution in [2.24, 2.45) is 0 Å². The summed E-state index contributed by atoms with van der Waals surface area (Å²) in [7, 11) is -2.11. The van der Waals surface area contributed by atoms with Crippen LogP contribution in [0.15, 0.2) is 30.3 Å². The summed E-state index contributed by atoms with van der Waals surface area (Å²) >= 11 is 0. The summed E-state index contributed by atoms with van der Waals surface area (Å²) in [6, 6.07) is 9.01. The Bertz CT molecular complexity index is 625. The average Bonchev–Trinajstić information content (AvgIpc) is 2.55. The van der Waals surface area contributed by atoms with Gasteiger partial charge in [0.05, 0.1) is 12.0 Å². The number of piperidine rings is 1. The molecule has 0 aromatic heterocycles. The van der Waals surface area contributed by atoms with Gasteiger partial charge in [0.1, 0.15) is 0 Å². The van der Waals surface area contributed by atoms with E-state index in [1.807, 2.05) is 6.07 Å². The third kappa shape index (κ3) is 3.89. The lowest BCUT2D eigenvalue weighted by Gasteiger charge is -2.38. The molecule has 2 rings (SSSR count). The van der Waals surface area contributed by atoms with Crippen LogP contribution in [-0.2, 0) is 25.2 Å². The van der Waals surface area contributed by atoms with Gasteiger partial charge in [-0.25, -0.2) is 0 Å². The number of nitrogens with one attached hydrogen (secondary N) is 1. The predicted octanol–water partition coefficient (Wildman–Crippen LogP) is 0.586. The Kier molecular flexibility index (Phi) is 5.74. The quantitative estimate of drug-likeness (QED) is 0.707. The van der Waals surface area contributed by atoms with Gasteiger partial charge in [-0.2, -0.15) is 17.4 Å². The molecule has 1 aromatic carbocycles. The van der Waals surface area contributed by atoms with Crippen molar-refractivity contribution >= 4 is 16.2 Å². The second-order valence-electron chi connectivity index (χ2n) is 5.54. The van der Waals surface area contributed by atoms with Crippen molar-refractivity contribution in [3.63, 3.8) is 0 Å². The molecule has 2 N–H and O–H groups in total. The lowest BCUT2D eigenvalue weighted by Crippen LogP contribution is -2.52. The summed E-state index contributed by atoms with van der Waals surface area (Å²) < 4.78 is 33.0. The van der Waals surface area contributed by atoms with Gasteiger partial charge < -0.3 is 9.84 Å². The predicted molar refractivity (Wildman–Crippen MR) is 85.4 cm³/mol. The van der Waals surface area contributed by atoms with Crippen LogP contribution in [0.5, 0.6) is 0 Å². The van der Waals surface area contributed by atoms with Crippen LogP contribution in [0.3, 0.4) is 0 Å². The van der Waals surface area contributed by atoms with E-state index in [0.717, 1.165) is 5.56 Å². The van der Waals surface area contributed by atoms with E-state index in [0.29, 0.717) is 0 Å². The first kappa shape index (κ1) is 17.9. The van der Waals surface area contributed by atoms with Gasteiger partial charge in [0.15, 0.2) is 0 Å². The Balaban J connectivity index is 2.10. The first-order chi connectivity index (χ1) is 10.9. The van der Waals surface area contributed by atoms with Crippen LogP contribution in [0.4, 0.5) is 0 Å². The van der Waals surface area contributed by atoms with Gasteiger partial charge in [0, 0.05) is 26.7 Å². The van der Waals surface area contributed by atoms with Crippen LogP contribution in [0, 0.1) is 0 Å². The number of aliphatic carboxylic acids is 1. The zero-order chi connectivity index (χ0) is 16.9. The summed E-state index contributed by atoms with van der Waals surface area (Å²) in [6.45, 7) is 0.821. The van der Waals surface area contributed by atoms with Gasteiger partial charge in [-0.15, -0.1) is 0 Å². The molecule has 0 bridgehead atoms. The van der Waals surface area contributed by atoms with Crippen molar-refractivity contribution in [3.05, 3.63) is 35.9 Å². The average molecular weight is 342 g/mol. The summed E-state index contributed by atoms with van der Waals surface area (Å²) in [5.74, 6) is -0.909. The lowest BCUT2D eigenvalue weighted by atomic mass is 9.73. The SMILES string of the molecule is COCCNS(=O)(=O)N1CCC(C(=O)O)(c2ccccc2)CC1. The van der Waals surface area contributed by atoms with E-state index in [9.17, 15) is 18.3 Å². The Labute approximate surface area is 136 Å². The van der Waals surface area contributed by atoms with Crippen LogP contribution < -0.4 is 4.72 Å². The normalized spacial score (nSPS) is 18.7. The summed E-state index contributed by atoms with van der Waals surface area (Å²) in [5.41, 5.74) is -0.309. The molecule has 1 aliphatic rings. The van der Waals surface area contributed by atoms with Crippen molar-refractivity contribution in [1.29, 1.82) is 0 Å². The molecule has 1 heterocycles. The van der Waals surface area contributed by atoms with Gasteiger partial charge in [-0.1, -0.05) is 30.3 Å². The summed E-state index contributed by atoms with van der Waals surface area (Å²) in [6.07, 6.45) is 0.495. The third-order valence-electron chi connectivity index (χ3n) is 4.24. The van der Waals surface area contributed by atoms with E-state index in [1.165, 1.54) is 11.4 Å². The van der Waals surface area contributed by atoms with Crippen LogP contribution >= 0.6 is 0 Å². The Hall–Kier alpha value is -1.48. The van der Waals surface area contributed by atoms with Gasteiger partial charge in [-0.3, -0.25) is 4.79 Å². The molecule has 0 unspecified atom stereocenters. The number of carboxylic acids is 1. The maximum atomic E-state index is 12.2. The van der Waals surface area contributed by atoms with E-state index < -0.39 is 21.6 Å². The van der Waals surface area contributed by atoms with Crippen molar-refractivity contribution in [2.45, 2.75) is 18.3 Å². The number of hydrogen-bond donors (Lipinski definition) is 2. The fourth-order valence-electron chi connectivity index (χ4n) is 2.86. The zero-order valence-corrected chi connectivity index (χ0v) is 13.9. The molecule has 1 fully saturated rings. The number of methoxy groups -OCH3 is 1. The fourth-order valence-corrected chi connectivity index (χ4v) is 4.04. The molecule has 128 valence electrons. The van der Waals surface area contributed by atoms with Gasteiger partial charge >= 0.3 is 5.97 Å². The second kappa shape index (κ2) is 7.39. The lowest BCUT2D eigenvalue weighted by molar-refractivity contribution is -0.145. The van der Waals surface area contributed by atoms with E-state index in [2.05, 4.69) is 4.72 Å². The highest BCUT2D eigenvalue weighted by atomic mass is 32.2. The standard InChI is InChI=1S/C15H22N2O5S/c1-22-12-9-16-23(20,21)17-10-7-15(8-11-17,14(18)19)13-5-3-2-4-6-13/h2-6,16H,7-12H2,1H3,(H,18,19). The van der Waals surface area contributed by atoms with Crippen LogP contribution in [-0.4, -0.2) is 57.1 Å². The molecule has 0 radical (unpaired) electrons. The first-order valence-corrected chi connectivity index (χ1v) is 8.89. The number of benzene rings is 1. The highest BCUT2D eigenvalue weighted by Crippen LogP contribution is 2.36. The monoisotopic (exact) mass is 342 g/mol. The van der Waals surface area contributed by atoms with E-state index in [4.69, 9.17) is 4.74 Å². The molecule has 0 saturated carbocycles. The Morgan fingerprint density at radius 1 is 1.30 bits per heavy atom. The van der Waals surface area contributed by atoms with Crippen LogP contribution in [0.25, 0.3) is 0 Å². The smallest absolute Gasteiger partial charge is 0.314 e. The maximum Gasteiger partial charge on any atom is 0.314 e. The molecule has 0 spiro atoms. The fraction of sp³-hybridized carbons (Fsp3) is 0.533. The van der Waals surface area contributed by atoms with E-state index in [1.54, 1.807) is 24.3 Å². The molecular weight excluding hydrogens is 320 g/mol. The topological polar surface area (TPSA) is 95.9 Å². The Morgan fingerprint density at radius 2 is 1.91 bits per heavy atom. The highest BCUT2D eigenvalue weighted by Gasteiger charge is 2.44. The largest absolute Gasteiger partial charge is 0.481 e. The van der Waals surface area contributed by atoms with Crippen molar-refractivity contribution in [1.82, 2.24) is 9.03 Å².